The monoisotopic (exact) mass is 292 g/mol. The molecule has 0 spiro atoms. The maximum atomic E-state index is 6.18. The molecule has 0 aromatic heterocycles. The van der Waals surface area contributed by atoms with E-state index in [4.69, 9.17) is 23.2 Å². The van der Waals surface area contributed by atoms with Crippen molar-refractivity contribution in [3.63, 3.8) is 0 Å². The zero-order chi connectivity index (χ0) is 13.8. The van der Waals surface area contributed by atoms with Crippen LogP contribution in [0.25, 0.3) is 0 Å². The summed E-state index contributed by atoms with van der Waals surface area (Å²) in [5.74, 6) is 0. The highest BCUT2D eigenvalue weighted by atomic mass is 35.5. The Bertz CT molecular complexity index is 596. The minimum atomic E-state index is 0.560. The third-order valence-electron chi connectivity index (χ3n) is 2.90. The molecule has 2 rings (SSSR count). The molecular weight excluding hydrogens is 279 g/mol. The third-order valence-corrected chi connectivity index (χ3v) is 3.49. The molecule has 2 aromatic carbocycles. The van der Waals surface area contributed by atoms with Crippen LogP contribution in [0, 0.1) is 6.92 Å². The SMILES string of the molecule is C=NN(Cc1ccc(Cl)cc1Cl)c1ccccc1C. The molecule has 0 unspecified atom stereocenters. The van der Waals surface area contributed by atoms with Crippen molar-refractivity contribution in [3.8, 4) is 0 Å². The number of hydrogen-bond acceptors (Lipinski definition) is 2. The lowest BCUT2D eigenvalue weighted by Crippen LogP contribution is -2.16. The highest BCUT2D eigenvalue weighted by molar-refractivity contribution is 6.35. The molecule has 2 aromatic rings. The minimum Gasteiger partial charge on any atom is -0.261 e. The maximum Gasteiger partial charge on any atom is 0.0680 e. The first-order chi connectivity index (χ1) is 9.11. The molecule has 0 N–H and O–H groups in total. The minimum absolute atomic E-state index is 0.560. The quantitative estimate of drug-likeness (QED) is 0.577. The van der Waals surface area contributed by atoms with Crippen molar-refractivity contribution in [1.29, 1.82) is 0 Å². The predicted octanol–water partition coefficient (Wildman–Crippen LogP) is 4.92. The fourth-order valence-corrected chi connectivity index (χ4v) is 2.34. The van der Waals surface area contributed by atoms with Gasteiger partial charge < -0.3 is 0 Å². The van der Waals surface area contributed by atoms with Gasteiger partial charge in [-0.05, 0) is 36.2 Å². The van der Waals surface area contributed by atoms with E-state index in [2.05, 4.69) is 11.8 Å². The smallest absolute Gasteiger partial charge is 0.0680 e. The molecule has 0 amide bonds. The zero-order valence-corrected chi connectivity index (χ0v) is 12.1. The summed E-state index contributed by atoms with van der Waals surface area (Å²) in [7, 11) is 0. The summed E-state index contributed by atoms with van der Waals surface area (Å²) in [4.78, 5) is 0. The largest absolute Gasteiger partial charge is 0.261 e. The number of nitrogens with zero attached hydrogens (tertiary/aromatic N) is 2. The van der Waals surface area contributed by atoms with Crippen LogP contribution in [0.4, 0.5) is 5.69 Å². The van der Waals surface area contributed by atoms with Crippen LogP contribution in [0.1, 0.15) is 11.1 Å². The summed E-state index contributed by atoms with van der Waals surface area (Å²) in [5.41, 5.74) is 3.12. The summed E-state index contributed by atoms with van der Waals surface area (Å²) in [6.45, 7) is 6.23. The molecular formula is C15H14Cl2N2. The molecule has 0 aliphatic rings. The van der Waals surface area contributed by atoms with Gasteiger partial charge in [-0.15, -0.1) is 0 Å². The number of hydrogen-bond donors (Lipinski definition) is 0. The fraction of sp³-hybridized carbons (Fsp3) is 0.133. The number of hydrazone groups is 1. The Morgan fingerprint density at radius 3 is 2.53 bits per heavy atom. The highest BCUT2D eigenvalue weighted by Gasteiger charge is 2.10. The summed E-state index contributed by atoms with van der Waals surface area (Å²) < 4.78 is 0. The number of aryl methyl sites for hydroxylation is 1. The lowest BCUT2D eigenvalue weighted by atomic mass is 10.1. The number of para-hydroxylation sites is 1. The van der Waals surface area contributed by atoms with Gasteiger partial charge >= 0.3 is 0 Å². The molecule has 2 nitrogen and oxygen atoms in total. The van der Waals surface area contributed by atoms with Crippen LogP contribution in [0.2, 0.25) is 10.0 Å². The zero-order valence-electron chi connectivity index (χ0n) is 10.6. The Labute approximate surface area is 123 Å². The van der Waals surface area contributed by atoms with Crippen molar-refractivity contribution < 1.29 is 0 Å². The van der Waals surface area contributed by atoms with Gasteiger partial charge in [-0.3, -0.25) is 5.01 Å². The third kappa shape index (κ3) is 3.28. The topological polar surface area (TPSA) is 15.6 Å². The maximum absolute atomic E-state index is 6.18. The van der Waals surface area contributed by atoms with Gasteiger partial charge in [0.05, 0.1) is 12.2 Å². The second-order valence-electron chi connectivity index (χ2n) is 4.22. The van der Waals surface area contributed by atoms with Crippen molar-refractivity contribution >= 4 is 35.6 Å². The van der Waals surface area contributed by atoms with E-state index >= 15 is 0 Å². The van der Waals surface area contributed by atoms with E-state index in [9.17, 15) is 0 Å². The Kier molecular flexibility index (Phi) is 4.46. The van der Waals surface area contributed by atoms with Gasteiger partial charge in [-0.2, -0.15) is 5.10 Å². The lowest BCUT2D eigenvalue weighted by Gasteiger charge is -2.21. The number of halogens is 2. The van der Waals surface area contributed by atoms with Crippen LogP contribution >= 0.6 is 23.2 Å². The predicted molar refractivity (Wildman–Crippen MR) is 83.4 cm³/mol. The molecule has 0 radical (unpaired) electrons. The molecule has 0 aliphatic carbocycles. The molecule has 0 saturated heterocycles. The standard InChI is InChI=1S/C15H14Cl2N2/c1-11-5-3-4-6-15(11)19(18-2)10-12-7-8-13(16)9-14(12)17/h3-9H,2,10H2,1H3. The van der Waals surface area contributed by atoms with Crippen molar-refractivity contribution in [1.82, 2.24) is 0 Å². The lowest BCUT2D eigenvalue weighted by molar-refractivity contribution is 0.857. The fourth-order valence-electron chi connectivity index (χ4n) is 1.88. The first kappa shape index (κ1) is 13.9. The average Bonchev–Trinajstić information content (AvgIpc) is 2.39. The van der Waals surface area contributed by atoms with Gasteiger partial charge in [0.2, 0.25) is 0 Å². The number of anilines is 1. The van der Waals surface area contributed by atoms with Crippen LogP contribution in [-0.2, 0) is 6.54 Å². The summed E-state index contributed by atoms with van der Waals surface area (Å²) in [6, 6.07) is 13.5. The Morgan fingerprint density at radius 1 is 1.16 bits per heavy atom. The number of benzene rings is 2. The molecule has 0 heterocycles. The first-order valence-electron chi connectivity index (χ1n) is 5.85. The Balaban J connectivity index is 2.29. The Hall–Kier alpha value is -1.51. The molecule has 0 fully saturated rings. The van der Waals surface area contributed by atoms with E-state index in [0.717, 1.165) is 16.8 Å². The summed E-state index contributed by atoms with van der Waals surface area (Å²) in [5, 5.41) is 7.16. The van der Waals surface area contributed by atoms with Crippen LogP contribution in [0.5, 0.6) is 0 Å². The van der Waals surface area contributed by atoms with Crippen molar-refractivity contribution in [3.05, 3.63) is 63.6 Å². The van der Waals surface area contributed by atoms with E-state index in [-0.39, 0.29) is 0 Å². The summed E-state index contributed by atoms with van der Waals surface area (Å²) in [6.07, 6.45) is 0. The second kappa shape index (κ2) is 6.09. The second-order valence-corrected chi connectivity index (χ2v) is 5.06. The van der Waals surface area contributed by atoms with Crippen molar-refractivity contribution in [2.75, 3.05) is 5.01 Å². The summed E-state index contributed by atoms with van der Waals surface area (Å²) >= 11 is 12.1. The molecule has 0 atom stereocenters. The van der Waals surface area contributed by atoms with Crippen LogP contribution in [-0.4, -0.2) is 6.72 Å². The normalized spacial score (nSPS) is 10.3. The molecule has 0 saturated carbocycles. The van der Waals surface area contributed by atoms with Crippen molar-refractivity contribution in [2.45, 2.75) is 13.5 Å². The van der Waals surface area contributed by atoms with Crippen LogP contribution in [0.3, 0.4) is 0 Å². The van der Waals surface area contributed by atoms with E-state index in [1.807, 2.05) is 48.3 Å². The average molecular weight is 293 g/mol. The highest BCUT2D eigenvalue weighted by Crippen LogP contribution is 2.26. The molecule has 0 bridgehead atoms. The van der Waals surface area contributed by atoms with Crippen LogP contribution < -0.4 is 5.01 Å². The van der Waals surface area contributed by atoms with E-state index in [0.29, 0.717) is 16.6 Å². The van der Waals surface area contributed by atoms with Gasteiger partial charge in [0.1, 0.15) is 0 Å². The number of rotatable bonds is 4. The van der Waals surface area contributed by atoms with Gasteiger partial charge in [0.25, 0.3) is 0 Å². The molecule has 98 valence electrons. The van der Waals surface area contributed by atoms with E-state index in [1.54, 1.807) is 6.07 Å². The Morgan fingerprint density at radius 2 is 1.89 bits per heavy atom. The van der Waals surface area contributed by atoms with E-state index in [1.165, 1.54) is 0 Å². The van der Waals surface area contributed by atoms with E-state index < -0.39 is 0 Å². The first-order valence-corrected chi connectivity index (χ1v) is 6.61. The van der Waals surface area contributed by atoms with Gasteiger partial charge in [0, 0.05) is 16.8 Å². The van der Waals surface area contributed by atoms with Crippen molar-refractivity contribution in [2.24, 2.45) is 5.10 Å². The van der Waals surface area contributed by atoms with Gasteiger partial charge in [0.15, 0.2) is 0 Å². The molecule has 4 heteroatoms. The molecule has 19 heavy (non-hydrogen) atoms. The van der Waals surface area contributed by atoms with Gasteiger partial charge in [-0.25, -0.2) is 0 Å². The molecule has 0 aliphatic heterocycles. The van der Waals surface area contributed by atoms with Crippen LogP contribution in [0.15, 0.2) is 47.6 Å². The van der Waals surface area contributed by atoms with Gasteiger partial charge in [-0.1, -0.05) is 47.5 Å².